The Labute approximate surface area is 129 Å². The highest BCUT2D eigenvalue weighted by molar-refractivity contribution is 5.74. The molecule has 0 N–H and O–H groups in total. The molecule has 2 aliphatic rings. The number of hydroxylamine groups is 2. The molecule has 0 spiro atoms. The van der Waals surface area contributed by atoms with E-state index in [1.54, 1.807) is 0 Å². The summed E-state index contributed by atoms with van der Waals surface area (Å²) in [7, 11) is 1.36. The van der Waals surface area contributed by atoms with E-state index >= 15 is 0 Å². The summed E-state index contributed by atoms with van der Waals surface area (Å²) < 4.78 is 10.4. The van der Waals surface area contributed by atoms with Crippen LogP contribution in [0.5, 0.6) is 0 Å². The van der Waals surface area contributed by atoms with Gasteiger partial charge in [0.2, 0.25) is 0 Å². The highest BCUT2D eigenvalue weighted by Gasteiger charge is 2.48. The Kier molecular flexibility index (Phi) is 4.73. The van der Waals surface area contributed by atoms with Gasteiger partial charge in [0, 0.05) is 25.4 Å². The second kappa shape index (κ2) is 6.75. The number of ether oxygens (including phenoxy) is 2. The van der Waals surface area contributed by atoms with Crippen LogP contribution in [0.1, 0.15) is 31.2 Å². The normalized spacial score (nSPS) is 31.7. The third kappa shape index (κ3) is 3.01. The standard InChI is InChI=1S/C16H21NO5/c1-3-20-15-9-12(11-7-5-4-6-8-11)13-10-14(16(18)19-2)21-17(13)22-15/h4-8,12-15H,3,9-10H2,1-2H3/t12-,13-,14+,15+/m0/s1. The number of rotatable bonds is 4. The molecule has 0 saturated carbocycles. The molecule has 6 heteroatoms. The van der Waals surface area contributed by atoms with Gasteiger partial charge in [-0.15, -0.1) is 0 Å². The van der Waals surface area contributed by atoms with Crippen LogP contribution in [0.3, 0.4) is 0 Å². The predicted molar refractivity (Wildman–Crippen MR) is 77.4 cm³/mol. The third-order valence-electron chi connectivity index (χ3n) is 4.13. The molecular weight excluding hydrogens is 286 g/mol. The Morgan fingerprint density at radius 3 is 2.73 bits per heavy atom. The zero-order valence-electron chi connectivity index (χ0n) is 12.8. The SMILES string of the molecule is CCO[C@H]1C[C@@H](c2ccccc2)[C@@H]2C[C@H](C(=O)OC)ON2O1. The van der Waals surface area contributed by atoms with Crippen molar-refractivity contribution in [3.8, 4) is 0 Å². The average Bonchev–Trinajstić information content (AvgIpc) is 2.98. The Morgan fingerprint density at radius 2 is 2.05 bits per heavy atom. The van der Waals surface area contributed by atoms with Crippen molar-refractivity contribution in [2.45, 2.75) is 44.1 Å². The summed E-state index contributed by atoms with van der Waals surface area (Å²) in [5.74, 6) is -0.195. The number of esters is 1. The third-order valence-corrected chi connectivity index (χ3v) is 4.13. The maximum absolute atomic E-state index is 11.7. The van der Waals surface area contributed by atoms with Gasteiger partial charge in [-0.1, -0.05) is 35.6 Å². The fraction of sp³-hybridized carbons (Fsp3) is 0.562. The van der Waals surface area contributed by atoms with Gasteiger partial charge in [0.05, 0.1) is 13.2 Å². The molecule has 0 aliphatic carbocycles. The minimum absolute atomic E-state index is 0.0248. The molecule has 4 atom stereocenters. The second-order valence-electron chi connectivity index (χ2n) is 5.45. The van der Waals surface area contributed by atoms with Gasteiger partial charge in [0.1, 0.15) is 0 Å². The van der Waals surface area contributed by atoms with Crippen molar-refractivity contribution in [3.05, 3.63) is 35.9 Å². The van der Waals surface area contributed by atoms with Gasteiger partial charge < -0.3 is 9.47 Å². The molecule has 0 aromatic heterocycles. The van der Waals surface area contributed by atoms with Crippen molar-refractivity contribution >= 4 is 5.97 Å². The van der Waals surface area contributed by atoms with E-state index in [4.69, 9.17) is 19.1 Å². The van der Waals surface area contributed by atoms with Crippen molar-refractivity contribution in [1.82, 2.24) is 5.23 Å². The second-order valence-corrected chi connectivity index (χ2v) is 5.45. The summed E-state index contributed by atoms with van der Waals surface area (Å²) in [6.45, 7) is 2.49. The van der Waals surface area contributed by atoms with Gasteiger partial charge in [-0.2, -0.15) is 0 Å². The number of benzene rings is 1. The molecule has 22 heavy (non-hydrogen) atoms. The van der Waals surface area contributed by atoms with Gasteiger partial charge in [-0.05, 0) is 12.5 Å². The van der Waals surface area contributed by atoms with Crippen LogP contribution in [-0.4, -0.2) is 43.3 Å². The van der Waals surface area contributed by atoms with Crippen molar-refractivity contribution in [1.29, 1.82) is 0 Å². The molecule has 3 rings (SSSR count). The summed E-state index contributed by atoms with van der Waals surface area (Å²) in [5, 5.41) is 1.43. The summed E-state index contributed by atoms with van der Waals surface area (Å²) >= 11 is 0. The molecule has 0 radical (unpaired) electrons. The Balaban J connectivity index is 1.82. The van der Waals surface area contributed by atoms with E-state index < -0.39 is 6.10 Å². The number of methoxy groups -OCH3 is 1. The Morgan fingerprint density at radius 1 is 1.27 bits per heavy atom. The smallest absolute Gasteiger partial charge is 0.337 e. The number of hydrogen-bond donors (Lipinski definition) is 0. The first-order valence-electron chi connectivity index (χ1n) is 7.60. The van der Waals surface area contributed by atoms with Crippen LogP contribution in [0, 0.1) is 0 Å². The molecule has 0 amide bonds. The molecule has 2 heterocycles. The van der Waals surface area contributed by atoms with Crippen LogP contribution in [0.4, 0.5) is 0 Å². The maximum atomic E-state index is 11.7. The fourth-order valence-corrected chi connectivity index (χ4v) is 3.10. The quantitative estimate of drug-likeness (QED) is 0.793. The maximum Gasteiger partial charge on any atom is 0.337 e. The average molecular weight is 307 g/mol. The topological polar surface area (TPSA) is 57.2 Å². The lowest BCUT2D eigenvalue weighted by molar-refractivity contribution is -0.435. The predicted octanol–water partition coefficient (Wildman–Crippen LogP) is 2.02. The van der Waals surface area contributed by atoms with Crippen molar-refractivity contribution < 1.29 is 23.9 Å². The number of hydrogen-bond acceptors (Lipinski definition) is 6. The molecule has 6 nitrogen and oxygen atoms in total. The minimum Gasteiger partial charge on any atom is -0.467 e. The Bertz CT molecular complexity index is 509. The minimum atomic E-state index is -0.624. The van der Waals surface area contributed by atoms with E-state index in [2.05, 4.69) is 12.1 Å². The van der Waals surface area contributed by atoms with Crippen LogP contribution < -0.4 is 0 Å². The molecule has 2 fully saturated rings. The Hall–Kier alpha value is -1.47. The summed E-state index contributed by atoms with van der Waals surface area (Å²) in [6.07, 6.45) is 0.283. The number of carbonyl (C=O) groups is 1. The lowest BCUT2D eigenvalue weighted by Crippen LogP contribution is -2.44. The molecule has 1 aromatic rings. The van der Waals surface area contributed by atoms with Crippen LogP contribution in [0.25, 0.3) is 0 Å². The van der Waals surface area contributed by atoms with Crippen LogP contribution in [0.15, 0.2) is 30.3 Å². The largest absolute Gasteiger partial charge is 0.467 e. The first kappa shape index (κ1) is 15.4. The summed E-state index contributed by atoms with van der Waals surface area (Å²) in [5.41, 5.74) is 1.19. The lowest BCUT2D eigenvalue weighted by Gasteiger charge is -2.38. The van der Waals surface area contributed by atoms with Crippen LogP contribution in [-0.2, 0) is 23.9 Å². The molecule has 120 valence electrons. The molecule has 0 unspecified atom stereocenters. The molecule has 2 saturated heterocycles. The number of carbonyl (C=O) groups excluding carboxylic acids is 1. The first-order valence-corrected chi connectivity index (χ1v) is 7.60. The van der Waals surface area contributed by atoms with E-state index in [1.807, 2.05) is 25.1 Å². The highest BCUT2D eigenvalue weighted by atomic mass is 17.0. The first-order chi connectivity index (χ1) is 10.7. The molecule has 2 aliphatic heterocycles. The highest BCUT2D eigenvalue weighted by Crippen LogP contribution is 2.41. The van der Waals surface area contributed by atoms with Gasteiger partial charge in [0.15, 0.2) is 12.4 Å². The van der Waals surface area contributed by atoms with Gasteiger partial charge >= 0.3 is 5.97 Å². The zero-order chi connectivity index (χ0) is 15.5. The van der Waals surface area contributed by atoms with Crippen LogP contribution in [0.2, 0.25) is 0 Å². The summed E-state index contributed by atoms with van der Waals surface area (Å²) in [4.78, 5) is 23.1. The van der Waals surface area contributed by atoms with E-state index in [0.29, 0.717) is 13.0 Å². The van der Waals surface area contributed by atoms with Crippen molar-refractivity contribution in [3.63, 3.8) is 0 Å². The fourth-order valence-electron chi connectivity index (χ4n) is 3.10. The summed E-state index contributed by atoms with van der Waals surface area (Å²) in [6, 6.07) is 10.2. The van der Waals surface area contributed by atoms with E-state index in [1.165, 1.54) is 17.9 Å². The van der Waals surface area contributed by atoms with Crippen LogP contribution >= 0.6 is 0 Å². The zero-order valence-corrected chi connectivity index (χ0v) is 12.8. The van der Waals surface area contributed by atoms with Gasteiger partial charge in [0.25, 0.3) is 0 Å². The molecule has 1 aromatic carbocycles. The van der Waals surface area contributed by atoms with Crippen molar-refractivity contribution in [2.75, 3.05) is 13.7 Å². The number of fused-ring (bicyclic) bond motifs is 1. The van der Waals surface area contributed by atoms with Gasteiger partial charge in [-0.25, -0.2) is 9.63 Å². The lowest BCUT2D eigenvalue weighted by atomic mass is 9.85. The van der Waals surface area contributed by atoms with Crippen molar-refractivity contribution in [2.24, 2.45) is 0 Å². The van der Waals surface area contributed by atoms with Gasteiger partial charge in [-0.3, -0.25) is 4.84 Å². The molecule has 0 bridgehead atoms. The monoisotopic (exact) mass is 307 g/mol. The number of nitrogens with zero attached hydrogens (tertiary/aromatic N) is 1. The van der Waals surface area contributed by atoms with E-state index in [9.17, 15) is 4.79 Å². The molecular formula is C16H21NO5. The van der Waals surface area contributed by atoms with E-state index in [-0.39, 0.29) is 24.2 Å². The van der Waals surface area contributed by atoms with E-state index in [0.717, 1.165) is 6.42 Å².